The number of benzene rings is 1. The van der Waals surface area contributed by atoms with Gasteiger partial charge >= 0.3 is 0 Å². The monoisotopic (exact) mass is 198 g/mol. The summed E-state index contributed by atoms with van der Waals surface area (Å²) < 4.78 is 26.1. The van der Waals surface area contributed by atoms with Gasteiger partial charge in [0.05, 0.1) is 5.56 Å². The third-order valence-electron chi connectivity index (χ3n) is 2.00. The molecule has 0 saturated heterocycles. The summed E-state index contributed by atoms with van der Waals surface area (Å²) in [6, 6.07) is 3.45. The van der Waals surface area contributed by atoms with Crippen molar-refractivity contribution in [2.45, 2.75) is 26.2 Å². The molecular formula is C11H12F2O. The topological polar surface area (TPSA) is 17.1 Å². The van der Waals surface area contributed by atoms with Crippen LogP contribution >= 0.6 is 0 Å². The van der Waals surface area contributed by atoms with E-state index in [1.807, 2.05) is 6.92 Å². The van der Waals surface area contributed by atoms with Gasteiger partial charge < -0.3 is 0 Å². The van der Waals surface area contributed by atoms with Crippen LogP contribution in [0.2, 0.25) is 0 Å². The molecule has 0 bridgehead atoms. The summed E-state index contributed by atoms with van der Waals surface area (Å²) in [5, 5.41) is 0. The maximum Gasteiger partial charge on any atom is 0.168 e. The molecular weight excluding hydrogens is 186 g/mol. The van der Waals surface area contributed by atoms with E-state index < -0.39 is 23.0 Å². The summed E-state index contributed by atoms with van der Waals surface area (Å²) in [7, 11) is 0. The van der Waals surface area contributed by atoms with Crippen LogP contribution in [0, 0.1) is 11.6 Å². The Morgan fingerprint density at radius 3 is 2.36 bits per heavy atom. The first-order valence-corrected chi connectivity index (χ1v) is 4.64. The molecule has 3 heteroatoms. The average molecular weight is 198 g/mol. The highest BCUT2D eigenvalue weighted by atomic mass is 19.1. The summed E-state index contributed by atoms with van der Waals surface area (Å²) in [6.45, 7) is 1.92. The minimum Gasteiger partial charge on any atom is -0.294 e. The number of carbonyl (C=O) groups is 1. The Bertz CT molecular complexity index is 314. The molecule has 1 rings (SSSR count). The van der Waals surface area contributed by atoms with Gasteiger partial charge in [-0.3, -0.25) is 4.79 Å². The summed E-state index contributed by atoms with van der Waals surface area (Å²) in [5.41, 5.74) is -0.402. The fourth-order valence-corrected chi connectivity index (χ4v) is 1.23. The van der Waals surface area contributed by atoms with Crippen LogP contribution in [-0.2, 0) is 0 Å². The number of halogens is 2. The first-order chi connectivity index (χ1) is 6.66. The summed E-state index contributed by atoms with van der Waals surface area (Å²) in [5.74, 6) is -2.00. The molecule has 0 fully saturated rings. The van der Waals surface area contributed by atoms with E-state index in [0.717, 1.165) is 18.6 Å². The molecule has 0 heterocycles. The highest BCUT2D eigenvalue weighted by Crippen LogP contribution is 2.15. The maximum absolute atomic E-state index is 13.1. The maximum atomic E-state index is 13.1. The molecule has 0 atom stereocenters. The molecule has 0 aromatic heterocycles. The van der Waals surface area contributed by atoms with Gasteiger partial charge in [0, 0.05) is 6.42 Å². The van der Waals surface area contributed by atoms with Crippen LogP contribution in [0.4, 0.5) is 8.78 Å². The third kappa shape index (κ3) is 2.37. The molecule has 0 unspecified atom stereocenters. The van der Waals surface area contributed by atoms with Gasteiger partial charge in [-0.25, -0.2) is 8.78 Å². The van der Waals surface area contributed by atoms with Crippen molar-refractivity contribution in [3.05, 3.63) is 35.4 Å². The lowest BCUT2D eigenvalue weighted by atomic mass is 10.0. The van der Waals surface area contributed by atoms with Crippen LogP contribution in [0.15, 0.2) is 18.2 Å². The Labute approximate surface area is 81.7 Å². The third-order valence-corrected chi connectivity index (χ3v) is 2.00. The summed E-state index contributed by atoms with van der Waals surface area (Å²) >= 11 is 0. The molecule has 0 amide bonds. The van der Waals surface area contributed by atoms with Gasteiger partial charge in [-0.05, 0) is 18.6 Å². The van der Waals surface area contributed by atoms with Gasteiger partial charge in [0.25, 0.3) is 0 Å². The molecule has 1 nitrogen and oxygen atoms in total. The predicted octanol–water partition coefficient (Wildman–Crippen LogP) is 3.34. The lowest BCUT2D eigenvalue weighted by Crippen LogP contribution is -2.05. The van der Waals surface area contributed by atoms with E-state index in [4.69, 9.17) is 0 Å². The number of hydrogen-bond donors (Lipinski definition) is 0. The van der Waals surface area contributed by atoms with Crippen LogP contribution in [-0.4, -0.2) is 5.78 Å². The first-order valence-electron chi connectivity index (χ1n) is 4.64. The Balaban J connectivity index is 2.89. The number of carbonyl (C=O) groups excluding carboxylic acids is 1. The van der Waals surface area contributed by atoms with Gasteiger partial charge in [0.15, 0.2) is 5.78 Å². The zero-order valence-corrected chi connectivity index (χ0v) is 8.02. The van der Waals surface area contributed by atoms with Crippen LogP contribution in [0.25, 0.3) is 0 Å². The molecule has 1 aromatic rings. The highest BCUT2D eigenvalue weighted by Gasteiger charge is 2.15. The van der Waals surface area contributed by atoms with E-state index in [-0.39, 0.29) is 6.42 Å². The zero-order chi connectivity index (χ0) is 10.6. The SMILES string of the molecule is CCCCC(=O)c1c(F)cccc1F. The van der Waals surface area contributed by atoms with E-state index in [2.05, 4.69) is 0 Å². The second kappa shape index (κ2) is 4.84. The van der Waals surface area contributed by atoms with Gasteiger partial charge in [0.1, 0.15) is 11.6 Å². The number of hydrogen-bond acceptors (Lipinski definition) is 1. The molecule has 1 aromatic carbocycles. The first kappa shape index (κ1) is 10.8. The molecule has 0 aliphatic carbocycles. The fraction of sp³-hybridized carbons (Fsp3) is 0.364. The van der Waals surface area contributed by atoms with Gasteiger partial charge in [-0.2, -0.15) is 0 Å². The van der Waals surface area contributed by atoms with Gasteiger partial charge in [-0.15, -0.1) is 0 Å². The van der Waals surface area contributed by atoms with Crippen molar-refractivity contribution in [1.82, 2.24) is 0 Å². The van der Waals surface area contributed by atoms with Crippen LogP contribution in [0.3, 0.4) is 0 Å². The normalized spacial score (nSPS) is 10.2. The Hall–Kier alpha value is -1.25. The van der Waals surface area contributed by atoms with E-state index in [0.29, 0.717) is 6.42 Å². The lowest BCUT2D eigenvalue weighted by molar-refractivity contribution is 0.0971. The zero-order valence-electron chi connectivity index (χ0n) is 8.02. The smallest absolute Gasteiger partial charge is 0.168 e. The van der Waals surface area contributed by atoms with Crippen molar-refractivity contribution < 1.29 is 13.6 Å². The largest absolute Gasteiger partial charge is 0.294 e. The molecule has 0 spiro atoms. The second-order valence-electron chi connectivity index (χ2n) is 3.12. The second-order valence-corrected chi connectivity index (χ2v) is 3.12. The van der Waals surface area contributed by atoms with Crippen molar-refractivity contribution in [3.63, 3.8) is 0 Å². The Kier molecular flexibility index (Phi) is 3.74. The van der Waals surface area contributed by atoms with Crippen molar-refractivity contribution in [2.75, 3.05) is 0 Å². The van der Waals surface area contributed by atoms with Crippen LogP contribution in [0.1, 0.15) is 36.5 Å². The van der Waals surface area contributed by atoms with Crippen LogP contribution in [0.5, 0.6) is 0 Å². The quantitative estimate of drug-likeness (QED) is 0.678. The van der Waals surface area contributed by atoms with E-state index in [9.17, 15) is 13.6 Å². The molecule has 0 N–H and O–H groups in total. The van der Waals surface area contributed by atoms with Crippen molar-refractivity contribution in [3.8, 4) is 0 Å². The van der Waals surface area contributed by atoms with E-state index in [1.165, 1.54) is 6.07 Å². The summed E-state index contributed by atoms with van der Waals surface area (Å²) in [6.07, 6.45) is 1.70. The molecule has 0 aliphatic rings. The number of rotatable bonds is 4. The standard InChI is InChI=1S/C11H12F2O/c1-2-3-7-10(14)11-8(12)5-4-6-9(11)13/h4-6H,2-3,7H2,1H3. The van der Waals surface area contributed by atoms with Crippen molar-refractivity contribution in [1.29, 1.82) is 0 Å². The predicted molar refractivity (Wildman–Crippen MR) is 50.2 cm³/mol. The summed E-state index contributed by atoms with van der Waals surface area (Å²) in [4.78, 5) is 11.4. The van der Waals surface area contributed by atoms with Crippen molar-refractivity contribution >= 4 is 5.78 Å². The molecule has 0 radical (unpaired) electrons. The number of Topliss-reactive ketones (excluding diaryl/α,β-unsaturated/α-hetero) is 1. The molecule has 0 aliphatic heterocycles. The molecule has 14 heavy (non-hydrogen) atoms. The number of unbranched alkanes of at least 4 members (excludes halogenated alkanes) is 1. The van der Waals surface area contributed by atoms with Crippen molar-refractivity contribution in [2.24, 2.45) is 0 Å². The Morgan fingerprint density at radius 1 is 1.29 bits per heavy atom. The minimum absolute atomic E-state index is 0.203. The Morgan fingerprint density at radius 2 is 1.86 bits per heavy atom. The van der Waals surface area contributed by atoms with Gasteiger partial charge in [-0.1, -0.05) is 19.4 Å². The highest BCUT2D eigenvalue weighted by molar-refractivity contribution is 5.96. The van der Waals surface area contributed by atoms with E-state index in [1.54, 1.807) is 0 Å². The average Bonchev–Trinajstić information content (AvgIpc) is 2.14. The van der Waals surface area contributed by atoms with Gasteiger partial charge in [0.2, 0.25) is 0 Å². The lowest BCUT2D eigenvalue weighted by Gasteiger charge is -2.02. The van der Waals surface area contributed by atoms with Crippen LogP contribution < -0.4 is 0 Å². The number of ketones is 1. The van der Waals surface area contributed by atoms with E-state index >= 15 is 0 Å². The molecule has 76 valence electrons. The fourth-order valence-electron chi connectivity index (χ4n) is 1.23. The molecule has 0 saturated carbocycles. The minimum atomic E-state index is -0.772.